The van der Waals surface area contributed by atoms with Crippen molar-refractivity contribution in [1.82, 2.24) is 0 Å². The van der Waals surface area contributed by atoms with Crippen molar-refractivity contribution in [1.29, 1.82) is 0 Å². The maximum absolute atomic E-state index is 10.3. The van der Waals surface area contributed by atoms with Crippen LogP contribution in [0.25, 0.3) is 0 Å². The summed E-state index contributed by atoms with van der Waals surface area (Å²) in [5.74, 6) is 0. The first-order valence-corrected chi connectivity index (χ1v) is 5.39. The lowest BCUT2D eigenvalue weighted by Gasteiger charge is -1.80. The first-order valence-electron chi connectivity index (χ1n) is 2.35. The fraction of sp³-hybridized carbons (Fsp3) is 0. The van der Waals surface area contributed by atoms with Crippen molar-refractivity contribution < 1.29 is 9.13 Å². The minimum atomic E-state index is -0.892. The van der Waals surface area contributed by atoms with Gasteiger partial charge in [-0.15, -0.1) is 0 Å². The molecule has 1 heterocycles. The largest absolute Gasteiger partial charge is 0.325 e. The number of hydrogen-bond acceptors (Lipinski definition) is 3. The third-order valence-corrected chi connectivity index (χ3v) is 4.08. The van der Waals surface area contributed by atoms with Gasteiger partial charge in [-0.2, -0.15) is 11.3 Å². The van der Waals surface area contributed by atoms with Gasteiger partial charge in [-0.05, 0) is 0 Å². The molecule has 2 atom stereocenters. The van der Waals surface area contributed by atoms with E-state index in [1.165, 1.54) is 11.3 Å². The third kappa shape index (κ3) is 1.54. The molecule has 0 aliphatic heterocycles. The molecule has 0 aromatic carbocycles. The van der Waals surface area contributed by atoms with Gasteiger partial charge in [0.2, 0.25) is 0 Å². The summed E-state index contributed by atoms with van der Waals surface area (Å²) in [6.07, 6.45) is 0. The molecule has 0 spiro atoms. The zero-order valence-electron chi connectivity index (χ0n) is 4.53. The molecule has 0 saturated carbocycles. The Labute approximate surface area is 59.3 Å². The van der Waals surface area contributed by atoms with Crippen molar-refractivity contribution in [3.8, 4) is 0 Å². The van der Waals surface area contributed by atoms with Crippen LogP contribution in [0.4, 0.5) is 0 Å². The molecule has 0 amide bonds. The summed E-state index contributed by atoms with van der Waals surface area (Å²) in [5.41, 5.74) is 0. The molecule has 5 heteroatoms. The highest BCUT2D eigenvalue weighted by Gasteiger charge is 1.96. The van der Waals surface area contributed by atoms with Gasteiger partial charge >= 0.3 is 0 Å². The van der Waals surface area contributed by atoms with Crippen LogP contribution in [-0.4, -0.2) is 0 Å². The normalized spacial score (nSPS) is 12.4. The summed E-state index contributed by atoms with van der Waals surface area (Å²) < 4.78 is 20.7. The SMILES string of the molecule is O=[PH2]c1cscc1[PH2]=O. The Morgan fingerprint density at radius 2 is 1.56 bits per heavy atom. The molecular weight excluding hydrogens is 174 g/mol. The van der Waals surface area contributed by atoms with E-state index >= 15 is 0 Å². The van der Waals surface area contributed by atoms with Crippen LogP contribution in [0.15, 0.2) is 10.8 Å². The quantitative estimate of drug-likeness (QED) is 0.621. The fourth-order valence-electron chi connectivity index (χ4n) is 0.508. The smallest absolute Gasteiger partial charge is 0.0936 e. The van der Waals surface area contributed by atoms with E-state index in [0.717, 1.165) is 10.6 Å². The van der Waals surface area contributed by atoms with Crippen molar-refractivity contribution in [2.75, 3.05) is 0 Å². The summed E-state index contributed by atoms with van der Waals surface area (Å²) in [6.45, 7) is 0. The van der Waals surface area contributed by atoms with Gasteiger partial charge in [0.05, 0.1) is 16.9 Å². The first kappa shape index (κ1) is 7.27. The topological polar surface area (TPSA) is 34.1 Å². The fourth-order valence-corrected chi connectivity index (χ4v) is 3.15. The second kappa shape index (κ2) is 3.36. The highest BCUT2D eigenvalue weighted by molar-refractivity contribution is 7.44. The molecular formula is C4H6O2P2S. The number of rotatable bonds is 2. The summed E-state index contributed by atoms with van der Waals surface area (Å²) >= 11 is 1.46. The van der Waals surface area contributed by atoms with Gasteiger partial charge in [-0.3, -0.25) is 0 Å². The van der Waals surface area contributed by atoms with Gasteiger partial charge in [0.1, 0.15) is 0 Å². The Kier molecular flexibility index (Phi) is 2.71. The van der Waals surface area contributed by atoms with E-state index in [1.807, 2.05) is 0 Å². The summed E-state index contributed by atoms with van der Waals surface area (Å²) in [6, 6.07) is 0. The molecule has 0 saturated heterocycles. The van der Waals surface area contributed by atoms with E-state index < -0.39 is 16.9 Å². The van der Waals surface area contributed by atoms with Crippen molar-refractivity contribution >= 4 is 38.9 Å². The van der Waals surface area contributed by atoms with Gasteiger partial charge in [0.15, 0.2) is 0 Å². The lowest BCUT2D eigenvalue weighted by Crippen LogP contribution is -2.04. The van der Waals surface area contributed by atoms with E-state index in [9.17, 15) is 9.13 Å². The standard InChI is InChI=1S/C4H6O2P2S/c5-7-3-1-9-2-4(3)8-6/h1-2H,7-8H2. The maximum atomic E-state index is 10.3. The van der Waals surface area contributed by atoms with Crippen molar-refractivity contribution in [3.63, 3.8) is 0 Å². The van der Waals surface area contributed by atoms with Crippen LogP contribution < -0.4 is 10.6 Å². The second-order valence-corrected chi connectivity index (χ2v) is 3.98. The first-order chi connectivity index (χ1) is 4.38. The van der Waals surface area contributed by atoms with Crippen LogP contribution in [0, 0.1) is 0 Å². The minimum Gasteiger partial charge on any atom is -0.325 e. The number of thiophene rings is 1. The Morgan fingerprint density at radius 1 is 1.11 bits per heavy atom. The average Bonchev–Trinajstić information content (AvgIpc) is 2.33. The molecule has 2 unspecified atom stereocenters. The van der Waals surface area contributed by atoms with Crippen LogP contribution in [0.2, 0.25) is 0 Å². The molecule has 1 rings (SSSR count). The predicted octanol–water partition coefficient (Wildman–Crippen LogP) is 0.511. The highest BCUT2D eigenvalue weighted by Crippen LogP contribution is 2.04. The Hall–Kier alpha value is 0.160. The molecule has 0 aliphatic rings. The van der Waals surface area contributed by atoms with Gasteiger partial charge in [-0.1, -0.05) is 0 Å². The Balaban J connectivity index is 3.12. The molecule has 0 aliphatic carbocycles. The van der Waals surface area contributed by atoms with Gasteiger partial charge in [-0.25, -0.2) is 0 Å². The van der Waals surface area contributed by atoms with Gasteiger partial charge < -0.3 is 9.13 Å². The monoisotopic (exact) mass is 180 g/mol. The lowest BCUT2D eigenvalue weighted by molar-refractivity contribution is 0.601. The molecule has 0 fully saturated rings. The maximum Gasteiger partial charge on any atom is 0.0936 e. The van der Waals surface area contributed by atoms with E-state index in [1.54, 1.807) is 10.8 Å². The molecule has 2 nitrogen and oxygen atoms in total. The zero-order valence-corrected chi connectivity index (χ0v) is 7.66. The third-order valence-electron chi connectivity index (χ3n) is 0.977. The van der Waals surface area contributed by atoms with Gasteiger partial charge in [0.25, 0.3) is 0 Å². The lowest BCUT2D eigenvalue weighted by atomic mass is 10.7. The van der Waals surface area contributed by atoms with Crippen LogP contribution in [0.5, 0.6) is 0 Å². The molecule has 1 aromatic heterocycles. The molecule has 0 radical (unpaired) electrons. The molecule has 50 valence electrons. The predicted molar refractivity (Wildman–Crippen MR) is 44.4 cm³/mol. The van der Waals surface area contributed by atoms with Crippen LogP contribution in [0.3, 0.4) is 0 Å². The number of hydrogen-bond donors (Lipinski definition) is 0. The van der Waals surface area contributed by atoms with Gasteiger partial charge in [0, 0.05) is 21.4 Å². The second-order valence-electron chi connectivity index (χ2n) is 1.52. The molecule has 0 bridgehead atoms. The van der Waals surface area contributed by atoms with E-state index in [4.69, 9.17) is 0 Å². The van der Waals surface area contributed by atoms with Crippen LogP contribution >= 0.6 is 28.3 Å². The van der Waals surface area contributed by atoms with Crippen LogP contribution in [0.1, 0.15) is 0 Å². The van der Waals surface area contributed by atoms with E-state index in [-0.39, 0.29) is 0 Å². The van der Waals surface area contributed by atoms with Crippen LogP contribution in [-0.2, 0) is 9.13 Å². The molecule has 1 aromatic rings. The Morgan fingerprint density at radius 3 is 1.89 bits per heavy atom. The highest BCUT2D eigenvalue weighted by atomic mass is 32.1. The Bertz CT molecular complexity index is 210. The van der Waals surface area contributed by atoms with E-state index in [2.05, 4.69) is 0 Å². The van der Waals surface area contributed by atoms with Crippen molar-refractivity contribution in [2.24, 2.45) is 0 Å². The van der Waals surface area contributed by atoms with Crippen molar-refractivity contribution in [3.05, 3.63) is 10.8 Å². The molecule has 0 N–H and O–H groups in total. The average molecular weight is 180 g/mol. The zero-order chi connectivity index (χ0) is 6.69. The minimum absolute atomic E-state index is 0.782. The summed E-state index contributed by atoms with van der Waals surface area (Å²) in [4.78, 5) is 0. The van der Waals surface area contributed by atoms with E-state index in [0.29, 0.717) is 0 Å². The summed E-state index contributed by atoms with van der Waals surface area (Å²) in [7, 11) is -1.78. The molecule has 9 heavy (non-hydrogen) atoms. The summed E-state index contributed by atoms with van der Waals surface area (Å²) in [5, 5.41) is 5.15. The van der Waals surface area contributed by atoms with Crippen molar-refractivity contribution in [2.45, 2.75) is 0 Å².